The number of piperidine rings is 1. The van der Waals surface area contributed by atoms with Gasteiger partial charge in [0.15, 0.2) is 0 Å². The van der Waals surface area contributed by atoms with E-state index in [4.69, 9.17) is 4.74 Å². The lowest BCUT2D eigenvalue weighted by Gasteiger charge is -2.39. The Labute approximate surface area is 142 Å². The van der Waals surface area contributed by atoms with Crippen molar-refractivity contribution in [3.63, 3.8) is 0 Å². The number of amides is 1. The van der Waals surface area contributed by atoms with Gasteiger partial charge in [-0.25, -0.2) is 0 Å². The number of alkyl halides is 3. The Bertz CT molecular complexity index is 645. The maximum absolute atomic E-state index is 12.6. The highest BCUT2D eigenvalue weighted by molar-refractivity contribution is 5.95. The third kappa shape index (κ3) is 4.62. The molecule has 1 unspecified atom stereocenters. The highest BCUT2D eigenvalue weighted by Gasteiger charge is 2.44. The monoisotopic (exact) mass is 361 g/mol. The molecule has 1 atom stereocenters. The molecule has 25 heavy (non-hydrogen) atoms. The van der Waals surface area contributed by atoms with Crippen LogP contribution in [0.1, 0.15) is 23.2 Å². The van der Waals surface area contributed by atoms with E-state index in [2.05, 4.69) is 4.74 Å². The summed E-state index contributed by atoms with van der Waals surface area (Å²) in [4.78, 5) is 25.5. The van der Waals surface area contributed by atoms with Crippen LogP contribution in [-0.2, 0) is 9.53 Å². The Kier molecular flexibility index (Phi) is 5.56. The summed E-state index contributed by atoms with van der Waals surface area (Å²) in [6.45, 7) is 0.199. The number of methoxy groups -OCH3 is 1. The molecule has 6 nitrogen and oxygen atoms in total. The smallest absolute Gasteiger partial charge is 0.481 e. The van der Waals surface area contributed by atoms with E-state index >= 15 is 0 Å². The Morgan fingerprint density at radius 1 is 1.36 bits per heavy atom. The molecule has 1 heterocycles. The van der Waals surface area contributed by atoms with Gasteiger partial charge in [0.2, 0.25) is 0 Å². The van der Waals surface area contributed by atoms with Gasteiger partial charge in [0, 0.05) is 25.8 Å². The van der Waals surface area contributed by atoms with Crippen molar-refractivity contribution >= 4 is 11.9 Å². The summed E-state index contributed by atoms with van der Waals surface area (Å²) in [5.41, 5.74) is -1.22. The van der Waals surface area contributed by atoms with Gasteiger partial charge >= 0.3 is 12.3 Å². The molecular formula is C16H18F3NO5. The first-order valence-electron chi connectivity index (χ1n) is 7.54. The number of ether oxygens (including phenoxy) is 2. The standard InChI is InChI=1S/C16H18F3NO5/c1-24-10-15(14(22)23)6-3-7-20(9-15)13(21)11-4-2-5-12(8-11)25-16(17,18)19/h2,4-5,8H,3,6-7,9-10H2,1H3,(H,22,23). The molecular weight excluding hydrogens is 343 g/mol. The van der Waals surface area contributed by atoms with E-state index in [1.165, 1.54) is 24.1 Å². The van der Waals surface area contributed by atoms with Gasteiger partial charge in [0.25, 0.3) is 5.91 Å². The number of hydrogen-bond donors (Lipinski definition) is 1. The molecule has 0 spiro atoms. The van der Waals surface area contributed by atoms with Gasteiger partial charge in [0.05, 0.1) is 6.61 Å². The number of rotatable bonds is 5. The Balaban J connectivity index is 2.19. The number of halogens is 3. The Morgan fingerprint density at radius 2 is 2.08 bits per heavy atom. The number of benzene rings is 1. The fourth-order valence-corrected chi connectivity index (χ4v) is 2.94. The van der Waals surface area contributed by atoms with Gasteiger partial charge in [0.1, 0.15) is 11.2 Å². The maximum atomic E-state index is 12.6. The van der Waals surface area contributed by atoms with Crippen LogP contribution in [0.15, 0.2) is 24.3 Å². The molecule has 0 radical (unpaired) electrons. The normalized spacial score (nSPS) is 21.0. The minimum atomic E-state index is -4.86. The van der Waals surface area contributed by atoms with Crippen molar-refractivity contribution in [1.29, 1.82) is 0 Å². The molecule has 0 saturated carbocycles. The fourth-order valence-electron chi connectivity index (χ4n) is 2.94. The molecule has 1 saturated heterocycles. The number of carbonyl (C=O) groups is 2. The second-order valence-corrected chi connectivity index (χ2v) is 5.92. The summed E-state index contributed by atoms with van der Waals surface area (Å²) in [5.74, 6) is -2.12. The van der Waals surface area contributed by atoms with Crippen molar-refractivity contribution < 1.29 is 37.3 Å². The zero-order valence-electron chi connectivity index (χ0n) is 13.5. The van der Waals surface area contributed by atoms with Crippen molar-refractivity contribution in [2.24, 2.45) is 5.41 Å². The molecule has 1 amide bonds. The van der Waals surface area contributed by atoms with Crippen LogP contribution in [0.2, 0.25) is 0 Å². The first-order valence-corrected chi connectivity index (χ1v) is 7.54. The molecule has 0 bridgehead atoms. The lowest BCUT2D eigenvalue weighted by Crippen LogP contribution is -2.52. The van der Waals surface area contributed by atoms with Crippen LogP contribution in [0, 0.1) is 5.41 Å². The van der Waals surface area contributed by atoms with Crippen molar-refractivity contribution in [2.75, 3.05) is 26.8 Å². The molecule has 0 aliphatic carbocycles. The van der Waals surface area contributed by atoms with E-state index in [-0.39, 0.29) is 18.7 Å². The van der Waals surface area contributed by atoms with Crippen LogP contribution in [0.3, 0.4) is 0 Å². The molecule has 1 fully saturated rings. The summed E-state index contributed by atoms with van der Waals surface area (Å²) in [5, 5.41) is 9.50. The second-order valence-electron chi connectivity index (χ2n) is 5.92. The van der Waals surface area contributed by atoms with Gasteiger partial charge < -0.3 is 19.5 Å². The van der Waals surface area contributed by atoms with Gasteiger partial charge in [-0.1, -0.05) is 6.07 Å². The van der Waals surface area contributed by atoms with Gasteiger partial charge in [-0.3, -0.25) is 9.59 Å². The van der Waals surface area contributed by atoms with E-state index < -0.39 is 29.4 Å². The molecule has 9 heteroatoms. The fraction of sp³-hybridized carbons (Fsp3) is 0.500. The molecule has 138 valence electrons. The average molecular weight is 361 g/mol. The van der Waals surface area contributed by atoms with Crippen LogP contribution in [-0.4, -0.2) is 55.1 Å². The molecule has 1 aromatic carbocycles. The molecule has 1 aromatic rings. The summed E-state index contributed by atoms with van der Waals surface area (Å²) in [6.07, 6.45) is -4.04. The number of carbonyl (C=O) groups excluding carboxylic acids is 1. The second kappa shape index (κ2) is 7.30. The number of carboxylic acids is 1. The van der Waals surface area contributed by atoms with E-state index in [0.29, 0.717) is 19.4 Å². The Hall–Kier alpha value is -2.29. The van der Waals surface area contributed by atoms with Crippen molar-refractivity contribution in [3.05, 3.63) is 29.8 Å². The summed E-state index contributed by atoms with van der Waals surface area (Å²) in [7, 11) is 1.38. The Morgan fingerprint density at radius 3 is 2.68 bits per heavy atom. The van der Waals surface area contributed by atoms with Crippen LogP contribution < -0.4 is 4.74 Å². The summed E-state index contributed by atoms with van der Waals surface area (Å²) >= 11 is 0. The molecule has 1 aliphatic heterocycles. The van der Waals surface area contributed by atoms with Crippen LogP contribution >= 0.6 is 0 Å². The lowest BCUT2D eigenvalue weighted by molar-refractivity contribution is -0.274. The molecule has 1 N–H and O–H groups in total. The minimum absolute atomic E-state index is 0.000329. The van der Waals surface area contributed by atoms with E-state index in [0.717, 1.165) is 12.1 Å². The van der Waals surface area contributed by atoms with Crippen molar-refractivity contribution in [1.82, 2.24) is 4.90 Å². The summed E-state index contributed by atoms with van der Waals surface area (Å²) in [6, 6.07) is 4.72. The van der Waals surface area contributed by atoms with E-state index in [9.17, 15) is 27.9 Å². The van der Waals surface area contributed by atoms with Gasteiger partial charge in [-0.05, 0) is 31.0 Å². The van der Waals surface area contributed by atoms with E-state index in [1.807, 2.05) is 0 Å². The van der Waals surface area contributed by atoms with Crippen molar-refractivity contribution in [3.8, 4) is 5.75 Å². The maximum Gasteiger partial charge on any atom is 0.573 e. The zero-order chi connectivity index (χ0) is 18.7. The highest BCUT2D eigenvalue weighted by atomic mass is 19.4. The number of likely N-dealkylation sites (tertiary alicyclic amines) is 1. The topological polar surface area (TPSA) is 76.1 Å². The zero-order valence-corrected chi connectivity index (χ0v) is 13.5. The number of hydrogen-bond acceptors (Lipinski definition) is 4. The van der Waals surface area contributed by atoms with Crippen LogP contribution in [0.5, 0.6) is 5.75 Å². The number of carboxylic acid groups (broad SMARTS) is 1. The van der Waals surface area contributed by atoms with Crippen LogP contribution in [0.25, 0.3) is 0 Å². The average Bonchev–Trinajstić information content (AvgIpc) is 2.53. The summed E-state index contributed by atoms with van der Waals surface area (Å²) < 4.78 is 45.7. The first-order chi connectivity index (χ1) is 11.7. The molecule has 1 aliphatic rings. The van der Waals surface area contributed by atoms with Crippen LogP contribution in [0.4, 0.5) is 13.2 Å². The van der Waals surface area contributed by atoms with Gasteiger partial charge in [-0.15, -0.1) is 13.2 Å². The highest BCUT2D eigenvalue weighted by Crippen LogP contribution is 2.32. The number of nitrogens with zero attached hydrogens (tertiary/aromatic N) is 1. The predicted molar refractivity (Wildman–Crippen MR) is 80.2 cm³/mol. The predicted octanol–water partition coefficient (Wildman–Crippen LogP) is 2.54. The largest absolute Gasteiger partial charge is 0.573 e. The van der Waals surface area contributed by atoms with Crippen molar-refractivity contribution in [2.45, 2.75) is 19.2 Å². The first kappa shape index (κ1) is 19.0. The third-order valence-corrected chi connectivity index (χ3v) is 4.05. The number of aliphatic carboxylic acids is 1. The van der Waals surface area contributed by atoms with E-state index in [1.54, 1.807) is 0 Å². The quantitative estimate of drug-likeness (QED) is 0.872. The molecule has 2 rings (SSSR count). The minimum Gasteiger partial charge on any atom is -0.481 e. The molecule has 0 aromatic heterocycles. The SMILES string of the molecule is COCC1(C(=O)O)CCCN(C(=O)c2cccc(OC(F)(F)F)c2)C1. The van der Waals surface area contributed by atoms with Gasteiger partial charge in [-0.2, -0.15) is 0 Å². The third-order valence-electron chi connectivity index (χ3n) is 4.05. The lowest BCUT2D eigenvalue weighted by atomic mass is 9.80.